The molecule has 1 aliphatic heterocycles. The number of aromatic nitrogens is 2. The highest BCUT2D eigenvalue weighted by molar-refractivity contribution is 5.41. The van der Waals surface area contributed by atoms with Crippen LogP contribution in [0.2, 0.25) is 0 Å². The summed E-state index contributed by atoms with van der Waals surface area (Å²) in [5.74, 6) is 1.17. The molecule has 0 spiro atoms. The fourth-order valence-electron chi connectivity index (χ4n) is 1.69. The number of hydrogen-bond donors (Lipinski definition) is 2. The number of hydrogen-bond acceptors (Lipinski definition) is 5. The summed E-state index contributed by atoms with van der Waals surface area (Å²) >= 11 is 0. The molecule has 1 aromatic rings. The van der Waals surface area contributed by atoms with Crippen LogP contribution in [0.15, 0.2) is 12.4 Å². The molecule has 3 N–H and O–H groups in total. The van der Waals surface area contributed by atoms with Crippen molar-refractivity contribution in [3.63, 3.8) is 0 Å². The van der Waals surface area contributed by atoms with Gasteiger partial charge >= 0.3 is 0 Å². The molecular weight excluding hydrogens is 180 g/mol. The van der Waals surface area contributed by atoms with E-state index in [1.54, 1.807) is 6.20 Å². The molecule has 1 aromatic heterocycles. The quantitative estimate of drug-likeness (QED) is 0.659. The first-order valence-corrected chi connectivity index (χ1v) is 4.76. The molecule has 0 saturated carbocycles. The van der Waals surface area contributed by atoms with Crippen LogP contribution in [-0.4, -0.2) is 34.3 Å². The monoisotopic (exact) mass is 194 g/mol. The molecule has 0 amide bonds. The number of β-amino-alcohol motifs (C(OH)–C–C–N with tert-alkyl or cyclic N) is 1. The molecule has 1 fully saturated rings. The fourth-order valence-corrected chi connectivity index (χ4v) is 1.69. The van der Waals surface area contributed by atoms with E-state index in [1.165, 1.54) is 6.20 Å². The first kappa shape index (κ1) is 9.21. The van der Waals surface area contributed by atoms with Crippen LogP contribution in [-0.2, 0) is 0 Å². The maximum atomic E-state index is 9.49. The summed E-state index contributed by atoms with van der Waals surface area (Å²) < 4.78 is 0. The van der Waals surface area contributed by atoms with Crippen molar-refractivity contribution in [3.8, 4) is 0 Å². The van der Waals surface area contributed by atoms with Gasteiger partial charge in [-0.15, -0.1) is 0 Å². The number of nitrogens with zero attached hydrogens (tertiary/aromatic N) is 3. The fraction of sp³-hybridized carbons (Fsp3) is 0.556. The summed E-state index contributed by atoms with van der Waals surface area (Å²) in [5, 5.41) is 9.49. The highest BCUT2D eigenvalue weighted by Crippen LogP contribution is 2.17. The average Bonchev–Trinajstić information content (AvgIpc) is 2.18. The number of nitrogen functional groups attached to an aromatic ring is 1. The molecule has 14 heavy (non-hydrogen) atoms. The molecule has 2 heterocycles. The van der Waals surface area contributed by atoms with Crippen LogP contribution in [0, 0.1) is 0 Å². The summed E-state index contributed by atoms with van der Waals surface area (Å²) in [6.45, 7) is 1.54. The van der Waals surface area contributed by atoms with Gasteiger partial charge in [-0.3, -0.25) is 4.98 Å². The van der Waals surface area contributed by atoms with Gasteiger partial charge in [-0.1, -0.05) is 0 Å². The predicted octanol–water partition coefficient (Wildman–Crippen LogP) is 0.0199. The van der Waals surface area contributed by atoms with Crippen molar-refractivity contribution in [1.82, 2.24) is 9.97 Å². The van der Waals surface area contributed by atoms with E-state index < -0.39 is 0 Å². The Bertz CT molecular complexity index is 317. The van der Waals surface area contributed by atoms with Gasteiger partial charge in [0.25, 0.3) is 0 Å². The lowest BCUT2D eigenvalue weighted by atomic mass is 10.1. The van der Waals surface area contributed by atoms with Crippen molar-refractivity contribution in [2.45, 2.75) is 18.9 Å². The van der Waals surface area contributed by atoms with Crippen LogP contribution >= 0.6 is 0 Å². The van der Waals surface area contributed by atoms with E-state index in [4.69, 9.17) is 5.73 Å². The standard InChI is InChI=1S/C9H14N4O/c10-8-4-11-5-9(12-8)13-3-1-2-7(14)6-13/h4-5,7,14H,1-3,6H2,(H2,10,12). The highest BCUT2D eigenvalue weighted by atomic mass is 16.3. The molecule has 2 rings (SSSR count). The van der Waals surface area contributed by atoms with E-state index in [0.29, 0.717) is 12.4 Å². The minimum absolute atomic E-state index is 0.257. The van der Waals surface area contributed by atoms with E-state index in [1.807, 2.05) is 4.90 Å². The van der Waals surface area contributed by atoms with Gasteiger partial charge in [0.1, 0.15) is 11.6 Å². The van der Waals surface area contributed by atoms with Crippen LogP contribution in [0.4, 0.5) is 11.6 Å². The second-order valence-electron chi connectivity index (χ2n) is 3.54. The van der Waals surface area contributed by atoms with E-state index >= 15 is 0 Å². The summed E-state index contributed by atoms with van der Waals surface area (Å²) in [4.78, 5) is 10.1. The Morgan fingerprint density at radius 2 is 2.36 bits per heavy atom. The molecule has 5 heteroatoms. The molecule has 1 saturated heterocycles. The van der Waals surface area contributed by atoms with Crippen LogP contribution in [0.1, 0.15) is 12.8 Å². The number of anilines is 2. The maximum absolute atomic E-state index is 9.49. The Balaban J connectivity index is 2.14. The number of rotatable bonds is 1. The Labute approximate surface area is 82.6 Å². The van der Waals surface area contributed by atoms with Crippen molar-refractivity contribution in [2.24, 2.45) is 0 Å². The summed E-state index contributed by atoms with van der Waals surface area (Å²) in [6, 6.07) is 0. The van der Waals surface area contributed by atoms with Gasteiger partial charge in [-0.2, -0.15) is 0 Å². The lowest BCUT2D eigenvalue weighted by Gasteiger charge is -2.30. The number of aliphatic hydroxyl groups is 1. The second-order valence-corrected chi connectivity index (χ2v) is 3.54. The number of nitrogens with two attached hydrogens (primary N) is 1. The molecule has 0 aliphatic carbocycles. The van der Waals surface area contributed by atoms with Gasteiger partial charge < -0.3 is 15.7 Å². The zero-order valence-electron chi connectivity index (χ0n) is 7.93. The third-order valence-electron chi connectivity index (χ3n) is 2.36. The van der Waals surface area contributed by atoms with E-state index in [9.17, 15) is 5.11 Å². The Kier molecular flexibility index (Phi) is 2.49. The average molecular weight is 194 g/mol. The van der Waals surface area contributed by atoms with Gasteiger partial charge in [0.05, 0.1) is 18.5 Å². The molecular formula is C9H14N4O. The predicted molar refractivity (Wildman–Crippen MR) is 53.9 cm³/mol. The second kappa shape index (κ2) is 3.79. The molecule has 1 atom stereocenters. The van der Waals surface area contributed by atoms with Gasteiger partial charge in [-0.25, -0.2) is 4.98 Å². The van der Waals surface area contributed by atoms with Gasteiger partial charge in [0, 0.05) is 13.1 Å². The summed E-state index contributed by atoms with van der Waals surface area (Å²) in [6.07, 6.45) is 4.79. The zero-order valence-corrected chi connectivity index (χ0v) is 7.93. The summed E-state index contributed by atoms with van der Waals surface area (Å²) in [5.41, 5.74) is 5.54. The first-order valence-electron chi connectivity index (χ1n) is 4.76. The van der Waals surface area contributed by atoms with Crippen molar-refractivity contribution in [1.29, 1.82) is 0 Å². The Morgan fingerprint density at radius 3 is 3.07 bits per heavy atom. The molecule has 76 valence electrons. The molecule has 0 aromatic carbocycles. The minimum Gasteiger partial charge on any atom is -0.391 e. The SMILES string of the molecule is Nc1cncc(N2CCCC(O)C2)n1. The highest BCUT2D eigenvalue weighted by Gasteiger charge is 2.18. The summed E-state index contributed by atoms with van der Waals surface area (Å²) in [7, 11) is 0. The molecule has 1 aliphatic rings. The van der Waals surface area contributed by atoms with Crippen molar-refractivity contribution >= 4 is 11.6 Å². The Hall–Kier alpha value is -1.36. The molecule has 0 radical (unpaired) electrons. The zero-order chi connectivity index (χ0) is 9.97. The third kappa shape index (κ3) is 1.93. The van der Waals surface area contributed by atoms with Crippen molar-refractivity contribution in [2.75, 3.05) is 23.7 Å². The maximum Gasteiger partial charge on any atom is 0.149 e. The normalized spacial score (nSPS) is 22.4. The van der Waals surface area contributed by atoms with E-state index in [2.05, 4.69) is 9.97 Å². The molecule has 5 nitrogen and oxygen atoms in total. The lowest BCUT2D eigenvalue weighted by molar-refractivity contribution is 0.154. The van der Waals surface area contributed by atoms with Crippen LogP contribution in [0.25, 0.3) is 0 Å². The Morgan fingerprint density at radius 1 is 1.50 bits per heavy atom. The van der Waals surface area contributed by atoms with Crippen LogP contribution in [0.5, 0.6) is 0 Å². The van der Waals surface area contributed by atoms with E-state index in [-0.39, 0.29) is 6.10 Å². The molecule has 0 bridgehead atoms. The lowest BCUT2D eigenvalue weighted by Crippen LogP contribution is -2.38. The smallest absolute Gasteiger partial charge is 0.149 e. The molecule has 1 unspecified atom stereocenters. The van der Waals surface area contributed by atoms with Crippen LogP contribution < -0.4 is 10.6 Å². The van der Waals surface area contributed by atoms with Crippen LogP contribution in [0.3, 0.4) is 0 Å². The van der Waals surface area contributed by atoms with Gasteiger partial charge in [0.15, 0.2) is 0 Å². The van der Waals surface area contributed by atoms with Crippen molar-refractivity contribution < 1.29 is 5.11 Å². The number of aliphatic hydroxyl groups excluding tert-OH is 1. The van der Waals surface area contributed by atoms with Gasteiger partial charge in [0.2, 0.25) is 0 Å². The van der Waals surface area contributed by atoms with Gasteiger partial charge in [-0.05, 0) is 12.8 Å². The largest absolute Gasteiger partial charge is 0.391 e. The number of piperidine rings is 1. The first-order chi connectivity index (χ1) is 6.75. The minimum atomic E-state index is -0.257. The van der Waals surface area contributed by atoms with E-state index in [0.717, 1.165) is 25.2 Å². The third-order valence-corrected chi connectivity index (χ3v) is 2.36. The van der Waals surface area contributed by atoms with Crippen molar-refractivity contribution in [3.05, 3.63) is 12.4 Å². The topological polar surface area (TPSA) is 75.3 Å².